The molecule has 2 rings (SSSR count). The average Bonchev–Trinajstić information content (AvgIpc) is 2.04. The Morgan fingerprint density at radius 3 is 2.69 bits per heavy atom. The fourth-order valence-electron chi connectivity index (χ4n) is 1.86. The van der Waals surface area contributed by atoms with Gasteiger partial charge in [0.1, 0.15) is 0 Å². The Kier molecular flexibility index (Phi) is 1.91. The number of nitrogen functional groups attached to an aromatic ring is 1. The van der Waals surface area contributed by atoms with E-state index in [1.165, 1.54) is 24.3 Å². The number of benzene rings is 1. The summed E-state index contributed by atoms with van der Waals surface area (Å²) >= 11 is 0. The van der Waals surface area contributed by atoms with Crippen molar-refractivity contribution >= 4 is 11.4 Å². The van der Waals surface area contributed by atoms with Crippen LogP contribution in [0.15, 0.2) is 18.2 Å². The van der Waals surface area contributed by atoms with Crippen molar-refractivity contribution in [1.82, 2.24) is 0 Å². The van der Waals surface area contributed by atoms with Gasteiger partial charge < -0.3 is 10.6 Å². The number of nitrogens with two attached hydrogens (primary N) is 1. The molecule has 1 aromatic carbocycles. The monoisotopic (exact) mass is 176 g/mol. The van der Waals surface area contributed by atoms with E-state index in [-0.39, 0.29) is 0 Å². The van der Waals surface area contributed by atoms with Gasteiger partial charge in [-0.15, -0.1) is 0 Å². The third kappa shape index (κ3) is 1.48. The molecule has 0 aliphatic carbocycles. The summed E-state index contributed by atoms with van der Waals surface area (Å²) in [5.41, 5.74) is 9.24. The predicted octanol–water partition coefficient (Wildman–Crippen LogP) is 2.03. The molecule has 0 saturated carbocycles. The third-order valence-electron chi connectivity index (χ3n) is 2.64. The number of rotatable bonds is 1. The van der Waals surface area contributed by atoms with Crippen LogP contribution in [0.3, 0.4) is 0 Å². The average molecular weight is 176 g/mol. The van der Waals surface area contributed by atoms with Crippen LogP contribution in [0, 0.1) is 12.8 Å². The SMILES string of the molecule is Cc1ccc(N)cc1N1CC(C)C1. The van der Waals surface area contributed by atoms with Gasteiger partial charge in [-0.1, -0.05) is 13.0 Å². The van der Waals surface area contributed by atoms with Crippen LogP contribution in [0.5, 0.6) is 0 Å². The van der Waals surface area contributed by atoms with Crippen LogP contribution in [0.4, 0.5) is 11.4 Å². The number of hydrogen-bond donors (Lipinski definition) is 1. The summed E-state index contributed by atoms with van der Waals surface area (Å²) in [6.07, 6.45) is 0. The van der Waals surface area contributed by atoms with E-state index in [1.807, 2.05) is 6.07 Å². The summed E-state index contributed by atoms with van der Waals surface area (Å²) in [5, 5.41) is 0. The van der Waals surface area contributed by atoms with Crippen molar-refractivity contribution in [1.29, 1.82) is 0 Å². The molecule has 2 heteroatoms. The van der Waals surface area contributed by atoms with Gasteiger partial charge in [0.05, 0.1) is 0 Å². The van der Waals surface area contributed by atoms with Crippen LogP contribution in [-0.4, -0.2) is 13.1 Å². The maximum atomic E-state index is 5.75. The summed E-state index contributed by atoms with van der Waals surface area (Å²) in [6.45, 7) is 6.75. The molecule has 0 spiro atoms. The topological polar surface area (TPSA) is 29.3 Å². The van der Waals surface area contributed by atoms with Gasteiger partial charge >= 0.3 is 0 Å². The summed E-state index contributed by atoms with van der Waals surface area (Å²) in [7, 11) is 0. The first-order valence-corrected chi connectivity index (χ1v) is 4.78. The predicted molar refractivity (Wildman–Crippen MR) is 57.0 cm³/mol. The van der Waals surface area contributed by atoms with Crippen molar-refractivity contribution in [3.63, 3.8) is 0 Å². The summed E-state index contributed by atoms with van der Waals surface area (Å²) < 4.78 is 0. The van der Waals surface area contributed by atoms with E-state index in [9.17, 15) is 0 Å². The lowest BCUT2D eigenvalue weighted by Crippen LogP contribution is -2.45. The van der Waals surface area contributed by atoms with Crippen molar-refractivity contribution < 1.29 is 0 Å². The number of aryl methyl sites for hydroxylation is 1. The molecular weight excluding hydrogens is 160 g/mol. The highest BCUT2D eigenvalue weighted by Gasteiger charge is 2.23. The quantitative estimate of drug-likeness (QED) is 0.663. The molecule has 70 valence electrons. The van der Waals surface area contributed by atoms with Crippen LogP contribution < -0.4 is 10.6 Å². The van der Waals surface area contributed by atoms with Crippen molar-refractivity contribution in [2.45, 2.75) is 13.8 Å². The highest BCUT2D eigenvalue weighted by molar-refractivity contribution is 5.62. The van der Waals surface area contributed by atoms with Crippen molar-refractivity contribution in [2.24, 2.45) is 5.92 Å². The second kappa shape index (κ2) is 2.95. The minimum absolute atomic E-state index is 0.834. The Hall–Kier alpha value is -1.18. The van der Waals surface area contributed by atoms with Crippen LogP contribution in [0.2, 0.25) is 0 Å². The fourth-order valence-corrected chi connectivity index (χ4v) is 1.86. The second-order valence-electron chi connectivity index (χ2n) is 4.06. The van der Waals surface area contributed by atoms with Gasteiger partial charge in [0.2, 0.25) is 0 Å². The Balaban J connectivity index is 2.24. The first-order chi connectivity index (χ1) is 6.16. The minimum atomic E-state index is 0.834. The van der Waals surface area contributed by atoms with E-state index < -0.39 is 0 Å². The standard InChI is InChI=1S/C11H16N2/c1-8-6-13(7-8)11-5-10(12)4-3-9(11)2/h3-5,8H,6-7,12H2,1-2H3. The number of hydrogen-bond acceptors (Lipinski definition) is 2. The summed E-state index contributed by atoms with van der Waals surface area (Å²) in [5.74, 6) is 0.834. The fraction of sp³-hybridized carbons (Fsp3) is 0.455. The van der Waals surface area contributed by atoms with Gasteiger partial charge in [-0.2, -0.15) is 0 Å². The van der Waals surface area contributed by atoms with Gasteiger partial charge in [0.15, 0.2) is 0 Å². The summed E-state index contributed by atoms with van der Waals surface area (Å²) in [6, 6.07) is 6.12. The molecule has 0 unspecified atom stereocenters. The zero-order chi connectivity index (χ0) is 9.42. The molecule has 1 aliphatic heterocycles. The van der Waals surface area contributed by atoms with E-state index in [0.29, 0.717) is 0 Å². The zero-order valence-electron chi connectivity index (χ0n) is 8.25. The van der Waals surface area contributed by atoms with Crippen LogP contribution in [0.1, 0.15) is 12.5 Å². The Bertz CT molecular complexity index is 314. The molecule has 0 atom stereocenters. The molecule has 1 aliphatic rings. The first kappa shape index (κ1) is 8.42. The van der Waals surface area contributed by atoms with Gasteiger partial charge in [-0.05, 0) is 30.5 Å². The molecule has 0 bridgehead atoms. The van der Waals surface area contributed by atoms with Crippen molar-refractivity contribution in [3.05, 3.63) is 23.8 Å². The van der Waals surface area contributed by atoms with Crippen LogP contribution in [0.25, 0.3) is 0 Å². The third-order valence-corrected chi connectivity index (χ3v) is 2.64. The molecule has 1 aromatic rings. The molecule has 1 fully saturated rings. The van der Waals surface area contributed by atoms with Gasteiger partial charge in [0, 0.05) is 24.5 Å². The second-order valence-corrected chi connectivity index (χ2v) is 4.06. The normalized spacial score (nSPS) is 17.2. The maximum absolute atomic E-state index is 5.75. The molecule has 0 radical (unpaired) electrons. The molecular formula is C11H16N2. The maximum Gasteiger partial charge on any atom is 0.0416 e. The van der Waals surface area contributed by atoms with E-state index in [2.05, 4.69) is 30.9 Å². The molecule has 1 saturated heterocycles. The van der Waals surface area contributed by atoms with Gasteiger partial charge in [0.25, 0.3) is 0 Å². The molecule has 13 heavy (non-hydrogen) atoms. The van der Waals surface area contributed by atoms with E-state index in [1.54, 1.807) is 0 Å². The highest BCUT2D eigenvalue weighted by Crippen LogP contribution is 2.28. The lowest BCUT2D eigenvalue weighted by atomic mass is 10.00. The van der Waals surface area contributed by atoms with Gasteiger partial charge in [-0.25, -0.2) is 0 Å². The van der Waals surface area contributed by atoms with Crippen LogP contribution >= 0.6 is 0 Å². The molecule has 2 nitrogen and oxygen atoms in total. The molecule has 1 heterocycles. The van der Waals surface area contributed by atoms with E-state index >= 15 is 0 Å². The van der Waals surface area contributed by atoms with E-state index in [0.717, 1.165) is 11.6 Å². The van der Waals surface area contributed by atoms with Crippen molar-refractivity contribution in [2.75, 3.05) is 23.7 Å². The molecule has 0 amide bonds. The van der Waals surface area contributed by atoms with Gasteiger partial charge in [-0.3, -0.25) is 0 Å². The van der Waals surface area contributed by atoms with Crippen molar-refractivity contribution in [3.8, 4) is 0 Å². The lowest BCUT2D eigenvalue weighted by molar-refractivity contribution is 0.447. The Morgan fingerprint density at radius 2 is 2.08 bits per heavy atom. The summed E-state index contributed by atoms with van der Waals surface area (Å²) in [4.78, 5) is 2.39. The molecule has 2 N–H and O–H groups in total. The number of nitrogens with zero attached hydrogens (tertiary/aromatic N) is 1. The largest absolute Gasteiger partial charge is 0.399 e. The highest BCUT2D eigenvalue weighted by atomic mass is 15.2. The Labute approximate surface area is 79.4 Å². The smallest absolute Gasteiger partial charge is 0.0416 e. The van der Waals surface area contributed by atoms with Crippen LogP contribution in [-0.2, 0) is 0 Å². The van der Waals surface area contributed by atoms with E-state index in [4.69, 9.17) is 5.73 Å². The first-order valence-electron chi connectivity index (χ1n) is 4.78. The number of anilines is 2. The lowest BCUT2D eigenvalue weighted by Gasteiger charge is -2.40. The zero-order valence-corrected chi connectivity index (χ0v) is 8.25. The minimum Gasteiger partial charge on any atom is -0.399 e. The molecule has 0 aromatic heterocycles. The Morgan fingerprint density at radius 1 is 1.38 bits per heavy atom.